The molecule has 0 spiro atoms. The van der Waals surface area contributed by atoms with Crippen LogP contribution >= 0.6 is 12.4 Å². The van der Waals surface area contributed by atoms with Crippen molar-refractivity contribution in [2.24, 2.45) is 7.05 Å². The van der Waals surface area contributed by atoms with Crippen LogP contribution in [0.3, 0.4) is 0 Å². The van der Waals surface area contributed by atoms with Gasteiger partial charge in [-0.1, -0.05) is 17.3 Å². The molecule has 0 aliphatic heterocycles. The number of imide groups is 1. The minimum Gasteiger partial charge on any atom is -0.438 e. The summed E-state index contributed by atoms with van der Waals surface area (Å²) in [6, 6.07) is 8.14. The molecule has 0 unspecified atom stereocenters. The minimum atomic E-state index is -1.38. The molecule has 0 saturated heterocycles. The van der Waals surface area contributed by atoms with Crippen molar-refractivity contribution in [3.63, 3.8) is 0 Å². The highest BCUT2D eigenvalue weighted by Gasteiger charge is 2.25. The van der Waals surface area contributed by atoms with Gasteiger partial charge in [-0.3, -0.25) is 10.1 Å². The van der Waals surface area contributed by atoms with Crippen LogP contribution in [0.1, 0.15) is 27.8 Å². The van der Waals surface area contributed by atoms with Crippen LogP contribution in [0.4, 0.5) is 19.3 Å². The summed E-state index contributed by atoms with van der Waals surface area (Å²) in [5.74, 6) is -1.49. The van der Waals surface area contributed by atoms with Crippen LogP contribution in [0, 0.1) is 12.7 Å². The van der Waals surface area contributed by atoms with Crippen LogP contribution in [-0.4, -0.2) is 38.7 Å². The molecular formula is C19H19ClF2N6O3. The van der Waals surface area contributed by atoms with Crippen LogP contribution in [0.2, 0.25) is 0 Å². The first kappa shape index (κ1) is 23.7. The lowest BCUT2D eigenvalue weighted by atomic mass is 10.1. The summed E-state index contributed by atoms with van der Waals surface area (Å²) < 4.78 is 32.7. The molecule has 164 valence electrons. The van der Waals surface area contributed by atoms with Crippen molar-refractivity contribution < 1.29 is 23.1 Å². The number of nitrogens with one attached hydrogen (secondary N) is 1. The molecule has 1 atom stereocenters. The first-order valence-electron chi connectivity index (χ1n) is 8.76. The number of rotatable bonds is 5. The lowest BCUT2D eigenvalue weighted by molar-refractivity contribution is 0.0728. The largest absolute Gasteiger partial charge is 0.438 e. The van der Waals surface area contributed by atoms with Gasteiger partial charge in [-0.15, -0.1) is 17.5 Å². The van der Waals surface area contributed by atoms with E-state index in [9.17, 15) is 18.4 Å². The summed E-state index contributed by atoms with van der Waals surface area (Å²) in [4.78, 5) is 29.0. The first-order valence-corrected chi connectivity index (χ1v) is 8.76. The maximum absolute atomic E-state index is 13.3. The Kier molecular flexibility index (Phi) is 7.59. The highest BCUT2D eigenvalue weighted by atomic mass is 35.5. The number of aryl methyl sites for hydroxylation is 2. The van der Waals surface area contributed by atoms with Crippen molar-refractivity contribution in [3.05, 3.63) is 59.2 Å². The lowest BCUT2D eigenvalue weighted by Crippen LogP contribution is -2.34. The number of aromatic nitrogens is 4. The smallest absolute Gasteiger partial charge is 0.414 e. The van der Waals surface area contributed by atoms with E-state index in [0.29, 0.717) is 17.1 Å². The Labute approximate surface area is 182 Å². The molecule has 2 amide bonds. The zero-order chi connectivity index (χ0) is 21.8. The van der Waals surface area contributed by atoms with Gasteiger partial charge >= 0.3 is 6.09 Å². The Morgan fingerprint density at radius 3 is 2.68 bits per heavy atom. The summed E-state index contributed by atoms with van der Waals surface area (Å²) in [6.07, 6.45) is -2.58. The van der Waals surface area contributed by atoms with Gasteiger partial charge in [-0.25, -0.2) is 23.2 Å². The number of nitrogens with two attached hydrogens (primary N) is 1. The number of carbonyl (C=O) groups is 2. The van der Waals surface area contributed by atoms with Crippen LogP contribution in [0.25, 0.3) is 11.4 Å². The third-order valence-corrected chi connectivity index (χ3v) is 4.24. The van der Waals surface area contributed by atoms with Crippen molar-refractivity contribution in [3.8, 4) is 11.4 Å². The third kappa shape index (κ3) is 5.31. The SMILES string of the molecule is Cc1nc(-c2nnn(C)c2C(=O)NC(=O)O[C@H](CF)c2cccc(F)c2)ccc1N.Cl. The third-order valence-electron chi connectivity index (χ3n) is 4.24. The second kappa shape index (κ2) is 9.94. The number of ether oxygens (including phenoxy) is 1. The Bertz CT molecular complexity index is 1110. The maximum atomic E-state index is 13.3. The molecule has 9 nitrogen and oxygen atoms in total. The van der Waals surface area contributed by atoms with Crippen molar-refractivity contribution in [2.45, 2.75) is 13.0 Å². The fourth-order valence-corrected chi connectivity index (χ4v) is 2.69. The monoisotopic (exact) mass is 452 g/mol. The van der Waals surface area contributed by atoms with Gasteiger partial charge < -0.3 is 10.5 Å². The normalized spacial score (nSPS) is 11.4. The average molecular weight is 453 g/mol. The number of amides is 2. The van der Waals surface area contributed by atoms with Crippen LogP contribution in [0.5, 0.6) is 0 Å². The molecular weight excluding hydrogens is 434 g/mol. The molecule has 0 saturated carbocycles. The molecule has 3 rings (SSSR count). The van der Waals surface area contributed by atoms with Crippen molar-refractivity contribution in [1.29, 1.82) is 0 Å². The molecule has 2 heterocycles. The predicted octanol–water partition coefficient (Wildman–Crippen LogP) is 2.91. The molecule has 0 bridgehead atoms. The number of anilines is 1. The van der Waals surface area contributed by atoms with E-state index < -0.39 is 30.6 Å². The second-order valence-corrected chi connectivity index (χ2v) is 6.34. The fraction of sp³-hybridized carbons (Fsp3) is 0.211. The molecule has 0 radical (unpaired) electrons. The van der Waals surface area contributed by atoms with Crippen LogP contribution in [-0.2, 0) is 11.8 Å². The molecule has 1 aromatic carbocycles. The topological polar surface area (TPSA) is 125 Å². The van der Waals surface area contributed by atoms with Gasteiger partial charge in [-0.05, 0) is 36.8 Å². The zero-order valence-corrected chi connectivity index (χ0v) is 17.3. The zero-order valence-electron chi connectivity index (χ0n) is 16.5. The van der Waals surface area contributed by atoms with E-state index in [-0.39, 0.29) is 29.4 Å². The summed E-state index contributed by atoms with van der Waals surface area (Å²) in [5, 5.41) is 9.70. The Morgan fingerprint density at radius 2 is 2.03 bits per heavy atom. The number of pyridine rings is 1. The quantitative estimate of drug-likeness (QED) is 0.609. The van der Waals surface area contributed by atoms with Gasteiger partial charge in [-0.2, -0.15) is 0 Å². The van der Waals surface area contributed by atoms with E-state index in [0.717, 1.165) is 10.7 Å². The summed E-state index contributed by atoms with van der Waals surface area (Å²) in [5.41, 5.74) is 7.25. The summed E-state index contributed by atoms with van der Waals surface area (Å²) >= 11 is 0. The fourth-order valence-electron chi connectivity index (χ4n) is 2.69. The van der Waals surface area contributed by atoms with Crippen molar-refractivity contribution >= 4 is 30.1 Å². The van der Waals surface area contributed by atoms with E-state index in [4.69, 9.17) is 10.5 Å². The molecule has 0 aliphatic rings. The van der Waals surface area contributed by atoms with Crippen LogP contribution < -0.4 is 11.1 Å². The Balaban J connectivity index is 0.00000341. The molecule has 31 heavy (non-hydrogen) atoms. The number of nitrogen functional groups attached to an aromatic ring is 1. The molecule has 2 aromatic heterocycles. The number of alkyl halides is 1. The van der Waals surface area contributed by atoms with Gasteiger partial charge in [0.2, 0.25) is 0 Å². The molecule has 0 aliphatic carbocycles. The van der Waals surface area contributed by atoms with E-state index >= 15 is 0 Å². The molecule has 3 N–H and O–H groups in total. The molecule has 12 heteroatoms. The van der Waals surface area contributed by atoms with Gasteiger partial charge in [0.25, 0.3) is 5.91 Å². The highest BCUT2D eigenvalue weighted by Crippen LogP contribution is 2.22. The standard InChI is InChI=1S/C19H18F2N6O3.ClH/c1-10-13(22)6-7-14(23-10)16-17(27(2)26-25-16)18(28)24-19(29)30-15(9-20)11-4-3-5-12(21)8-11;/h3-8,15H,9,22H2,1-2H3,(H,24,28,29);1H/t15-;/m1./s1. The number of alkyl carbamates (subject to hydrolysis) is 1. The predicted molar refractivity (Wildman–Crippen MR) is 110 cm³/mol. The van der Waals surface area contributed by atoms with Crippen molar-refractivity contribution in [2.75, 3.05) is 12.4 Å². The number of halogens is 3. The maximum Gasteiger partial charge on any atom is 0.414 e. The van der Waals surface area contributed by atoms with Gasteiger partial charge in [0, 0.05) is 7.05 Å². The number of hydrogen-bond acceptors (Lipinski definition) is 7. The number of benzene rings is 1. The summed E-state index contributed by atoms with van der Waals surface area (Å²) in [7, 11) is 1.46. The van der Waals surface area contributed by atoms with E-state index in [1.54, 1.807) is 19.1 Å². The molecule has 3 aromatic rings. The van der Waals surface area contributed by atoms with E-state index in [1.165, 1.54) is 25.2 Å². The Hall–Kier alpha value is -3.60. The number of carbonyl (C=O) groups excluding carboxylic acids is 2. The minimum absolute atomic E-state index is 0. The van der Waals surface area contributed by atoms with Gasteiger partial charge in [0.05, 0.1) is 17.1 Å². The molecule has 0 fully saturated rings. The van der Waals surface area contributed by atoms with Crippen LogP contribution in [0.15, 0.2) is 36.4 Å². The summed E-state index contributed by atoms with van der Waals surface area (Å²) in [6.45, 7) is 0.591. The first-order chi connectivity index (χ1) is 14.3. The number of nitrogens with zero attached hydrogens (tertiary/aromatic N) is 4. The lowest BCUT2D eigenvalue weighted by Gasteiger charge is -2.15. The van der Waals surface area contributed by atoms with E-state index in [1.807, 2.05) is 5.32 Å². The highest BCUT2D eigenvalue weighted by molar-refractivity contribution is 6.05. The van der Waals surface area contributed by atoms with E-state index in [2.05, 4.69) is 15.3 Å². The number of hydrogen-bond donors (Lipinski definition) is 2. The van der Waals surface area contributed by atoms with Gasteiger partial charge in [0.15, 0.2) is 11.8 Å². The average Bonchev–Trinajstić information content (AvgIpc) is 3.09. The Morgan fingerprint density at radius 1 is 1.29 bits per heavy atom. The van der Waals surface area contributed by atoms with Crippen molar-refractivity contribution in [1.82, 2.24) is 25.3 Å². The second-order valence-electron chi connectivity index (χ2n) is 6.34. The van der Waals surface area contributed by atoms with Gasteiger partial charge in [0.1, 0.15) is 18.2 Å².